The molecule has 1 aromatic heterocycles. The van der Waals surface area contributed by atoms with Gasteiger partial charge in [0.05, 0.1) is 11.8 Å². The van der Waals surface area contributed by atoms with E-state index in [1.54, 1.807) is 12.3 Å². The molecule has 2 aromatic carbocycles. The van der Waals surface area contributed by atoms with E-state index in [0.717, 1.165) is 21.0 Å². The molecule has 20 heavy (non-hydrogen) atoms. The maximum atomic E-state index is 12.7. The van der Waals surface area contributed by atoms with Crippen molar-refractivity contribution in [3.8, 4) is 0 Å². The van der Waals surface area contributed by atoms with Gasteiger partial charge >= 0.3 is 0 Å². The van der Waals surface area contributed by atoms with Crippen molar-refractivity contribution in [1.82, 2.24) is 0 Å². The number of hydrogen-bond acceptors (Lipinski definition) is 2. The van der Waals surface area contributed by atoms with Crippen molar-refractivity contribution in [2.45, 2.75) is 13.3 Å². The van der Waals surface area contributed by atoms with Crippen LogP contribution in [0.2, 0.25) is 0 Å². The minimum absolute atomic E-state index is 0.0132. The summed E-state index contributed by atoms with van der Waals surface area (Å²) in [6.45, 7) is 1.98. The SMILES string of the molecule is CCc1occc1C(=O)c1ccc(Br)c2ccccc12. The molecular weight excluding hydrogens is 316 g/mol. The highest BCUT2D eigenvalue weighted by Gasteiger charge is 2.18. The van der Waals surface area contributed by atoms with Crippen LogP contribution < -0.4 is 0 Å². The maximum Gasteiger partial charge on any atom is 0.197 e. The van der Waals surface area contributed by atoms with E-state index in [0.29, 0.717) is 17.5 Å². The fourth-order valence-electron chi connectivity index (χ4n) is 2.42. The van der Waals surface area contributed by atoms with E-state index in [4.69, 9.17) is 4.42 Å². The Balaban J connectivity index is 2.20. The number of furan rings is 1. The molecule has 3 rings (SSSR count). The lowest BCUT2D eigenvalue weighted by atomic mass is 9.97. The largest absolute Gasteiger partial charge is 0.469 e. The summed E-state index contributed by atoms with van der Waals surface area (Å²) < 4.78 is 6.36. The zero-order valence-corrected chi connectivity index (χ0v) is 12.6. The molecule has 0 saturated carbocycles. The van der Waals surface area contributed by atoms with Gasteiger partial charge in [0.2, 0.25) is 0 Å². The van der Waals surface area contributed by atoms with E-state index in [1.165, 1.54) is 0 Å². The van der Waals surface area contributed by atoms with Crippen LogP contribution in [-0.2, 0) is 6.42 Å². The first-order valence-electron chi connectivity index (χ1n) is 6.50. The average Bonchev–Trinajstić information content (AvgIpc) is 2.96. The average molecular weight is 329 g/mol. The van der Waals surface area contributed by atoms with Gasteiger partial charge in [0.15, 0.2) is 5.78 Å². The van der Waals surface area contributed by atoms with Crippen molar-refractivity contribution >= 4 is 32.5 Å². The second-order valence-electron chi connectivity index (χ2n) is 4.58. The number of carbonyl (C=O) groups excluding carboxylic acids is 1. The predicted molar refractivity (Wildman–Crippen MR) is 83.2 cm³/mol. The highest BCUT2D eigenvalue weighted by Crippen LogP contribution is 2.29. The van der Waals surface area contributed by atoms with Gasteiger partial charge in [-0.05, 0) is 29.0 Å². The van der Waals surface area contributed by atoms with Crippen LogP contribution in [0.5, 0.6) is 0 Å². The Morgan fingerprint density at radius 2 is 1.80 bits per heavy atom. The molecule has 0 aliphatic rings. The molecule has 0 bridgehead atoms. The minimum Gasteiger partial charge on any atom is -0.469 e. The molecule has 0 spiro atoms. The molecule has 0 aliphatic heterocycles. The maximum absolute atomic E-state index is 12.7. The number of hydrogen-bond donors (Lipinski definition) is 0. The second kappa shape index (κ2) is 5.25. The third-order valence-corrected chi connectivity index (χ3v) is 4.12. The van der Waals surface area contributed by atoms with E-state index in [1.807, 2.05) is 43.3 Å². The lowest BCUT2D eigenvalue weighted by Crippen LogP contribution is -2.03. The number of carbonyl (C=O) groups is 1. The van der Waals surface area contributed by atoms with Crippen molar-refractivity contribution in [3.05, 3.63) is 70.1 Å². The van der Waals surface area contributed by atoms with Gasteiger partial charge in [0.1, 0.15) is 5.76 Å². The van der Waals surface area contributed by atoms with Crippen molar-refractivity contribution in [3.63, 3.8) is 0 Å². The number of aryl methyl sites for hydroxylation is 1. The Morgan fingerprint density at radius 3 is 2.55 bits per heavy atom. The highest BCUT2D eigenvalue weighted by molar-refractivity contribution is 9.10. The molecule has 0 aliphatic carbocycles. The van der Waals surface area contributed by atoms with Crippen LogP contribution in [-0.4, -0.2) is 5.78 Å². The summed E-state index contributed by atoms with van der Waals surface area (Å²) in [4.78, 5) is 12.7. The third-order valence-electron chi connectivity index (χ3n) is 3.43. The minimum atomic E-state index is 0.0132. The number of fused-ring (bicyclic) bond motifs is 1. The zero-order valence-electron chi connectivity index (χ0n) is 11.0. The normalized spacial score (nSPS) is 10.9. The fourth-order valence-corrected chi connectivity index (χ4v) is 2.90. The Bertz CT molecular complexity index is 787. The molecule has 100 valence electrons. The standard InChI is InChI=1S/C17H13BrO2/c1-2-16-14(9-10-20-16)17(19)13-7-8-15(18)12-6-4-3-5-11(12)13/h3-10H,2H2,1H3. The third kappa shape index (κ3) is 2.08. The smallest absolute Gasteiger partial charge is 0.197 e. The Morgan fingerprint density at radius 1 is 1.05 bits per heavy atom. The molecule has 1 heterocycles. The van der Waals surface area contributed by atoms with Crippen molar-refractivity contribution in [2.75, 3.05) is 0 Å². The van der Waals surface area contributed by atoms with Gasteiger partial charge in [0.25, 0.3) is 0 Å². The molecule has 3 heteroatoms. The van der Waals surface area contributed by atoms with Crippen LogP contribution >= 0.6 is 15.9 Å². The zero-order chi connectivity index (χ0) is 14.1. The second-order valence-corrected chi connectivity index (χ2v) is 5.43. The first kappa shape index (κ1) is 13.1. The van der Waals surface area contributed by atoms with Gasteiger partial charge < -0.3 is 4.42 Å². The van der Waals surface area contributed by atoms with Crippen LogP contribution in [0, 0.1) is 0 Å². The summed E-state index contributed by atoms with van der Waals surface area (Å²) in [7, 11) is 0. The van der Waals surface area contributed by atoms with Crippen molar-refractivity contribution in [1.29, 1.82) is 0 Å². The Labute approximate surface area is 125 Å². The van der Waals surface area contributed by atoms with Crippen LogP contribution in [0.25, 0.3) is 10.8 Å². The molecule has 0 atom stereocenters. The van der Waals surface area contributed by atoms with Gasteiger partial charge in [-0.15, -0.1) is 0 Å². The van der Waals surface area contributed by atoms with E-state index in [2.05, 4.69) is 15.9 Å². The molecular formula is C17H13BrO2. The summed E-state index contributed by atoms with van der Waals surface area (Å²) in [5.41, 5.74) is 1.36. The summed E-state index contributed by atoms with van der Waals surface area (Å²) >= 11 is 3.53. The van der Waals surface area contributed by atoms with Crippen LogP contribution in [0.3, 0.4) is 0 Å². The van der Waals surface area contributed by atoms with Gasteiger partial charge in [-0.1, -0.05) is 47.1 Å². The molecule has 0 N–H and O–H groups in total. The Kier molecular flexibility index (Phi) is 3.45. The van der Waals surface area contributed by atoms with Gasteiger partial charge in [-0.3, -0.25) is 4.79 Å². The lowest BCUT2D eigenvalue weighted by molar-refractivity contribution is 0.103. The molecule has 0 fully saturated rings. The van der Waals surface area contributed by atoms with Gasteiger partial charge in [0, 0.05) is 16.5 Å². The summed E-state index contributed by atoms with van der Waals surface area (Å²) in [5.74, 6) is 0.751. The lowest BCUT2D eigenvalue weighted by Gasteiger charge is -2.07. The van der Waals surface area contributed by atoms with E-state index >= 15 is 0 Å². The molecule has 0 radical (unpaired) electrons. The van der Waals surface area contributed by atoms with Crippen molar-refractivity contribution in [2.24, 2.45) is 0 Å². The monoisotopic (exact) mass is 328 g/mol. The topological polar surface area (TPSA) is 30.2 Å². The van der Waals surface area contributed by atoms with E-state index < -0.39 is 0 Å². The first-order valence-corrected chi connectivity index (χ1v) is 7.30. The fraction of sp³-hybridized carbons (Fsp3) is 0.118. The van der Waals surface area contributed by atoms with Gasteiger partial charge in [-0.2, -0.15) is 0 Å². The van der Waals surface area contributed by atoms with E-state index in [-0.39, 0.29) is 5.78 Å². The predicted octanol–water partition coefficient (Wildman–Crippen LogP) is 4.99. The number of halogens is 1. The van der Waals surface area contributed by atoms with E-state index in [9.17, 15) is 4.79 Å². The van der Waals surface area contributed by atoms with Crippen LogP contribution in [0.15, 0.2) is 57.6 Å². The highest BCUT2D eigenvalue weighted by atomic mass is 79.9. The van der Waals surface area contributed by atoms with Gasteiger partial charge in [-0.25, -0.2) is 0 Å². The molecule has 2 nitrogen and oxygen atoms in total. The van der Waals surface area contributed by atoms with Crippen molar-refractivity contribution < 1.29 is 9.21 Å². The Hall–Kier alpha value is -1.87. The molecule has 3 aromatic rings. The molecule has 0 unspecified atom stereocenters. The quantitative estimate of drug-likeness (QED) is 0.634. The summed E-state index contributed by atoms with van der Waals surface area (Å²) in [6, 6.07) is 13.4. The van der Waals surface area contributed by atoms with Crippen LogP contribution in [0.1, 0.15) is 28.6 Å². The summed E-state index contributed by atoms with van der Waals surface area (Å²) in [5, 5.41) is 2.00. The van der Waals surface area contributed by atoms with Crippen LogP contribution in [0.4, 0.5) is 0 Å². The number of benzene rings is 2. The number of rotatable bonds is 3. The first-order chi connectivity index (χ1) is 9.72. The number of ketones is 1. The molecule has 0 amide bonds. The summed E-state index contributed by atoms with van der Waals surface area (Å²) in [6.07, 6.45) is 2.29. The molecule has 0 saturated heterocycles.